The van der Waals surface area contributed by atoms with Crippen molar-refractivity contribution in [3.05, 3.63) is 120 Å². The van der Waals surface area contributed by atoms with Gasteiger partial charge in [-0.3, -0.25) is 0 Å². The zero-order valence-electron chi connectivity index (χ0n) is 24.5. The van der Waals surface area contributed by atoms with Crippen molar-refractivity contribution in [1.82, 2.24) is 15.0 Å². The van der Waals surface area contributed by atoms with E-state index in [9.17, 15) is 0 Å². The number of hydrogen-bond donors (Lipinski definition) is 0. The quantitative estimate of drug-likeness (QED) is 0.196. The van der Waals surface area contributed by atoms with Crippen LogP contribution in [0.2, 0.25) is 0 Å². The number of aryl methyl sites for hydroxylation is 2. The Morgan fingerprint density at radius 3 is 1.79 bits per heavy atom. The molecule has 0 fully saturated rings. The Morgan fingerprint density at radius 2 is 1.21 bits per heavy atom. The van der Waals surface area contributed by atoms with Gasteiger partial charge in [-0.1, -0.05) is 86.6 Å². The second kappa shape index (κ2) is 10.6. The van der Waals surface area contributed by atoms with E-state index in [1.54, 1.807) is 6.07 Å². The predicted molar refractivity (Wildman–Crippen MR) is 169 cm³/mol. The van der Waals surface area contributed by atoms with Gasteiger partial charge in [0.25, 0.3) is 0 Å². The molecular weight excluding hydrogens is 535 g/mol. The van der Waals surface area contributed by atoms with Crippen molar-refractivity contribution in [3.63, 3.8) is 0 Å². The van der Waals surface area contributed by atoms with Crippen LogP contribution in [-0.2, 0) is 7.05 Å². The van der Waals surface area contributed by atoms with Gasteiger partial charge in [0.05, 0.1) is 11.1 Å². The average molecular weight is 566 g/mol. The fourth-order valence-electron chi connectivity index (χ4n) is 5.66. The maximum atomic E-state index is 15.9. The molecule has 7 aromatic rings. The molecular formula is C37H30FN4O+. The smallest absolute Gasteiger partial charge is 0.216 e. The number of benzene rings is 4. The van der Waals surface area contributed by atoms with Crippen LogP contribution in [0.4, 0.5) is 4.39 Å². The number of pyridine rings is 1. The van der Waals surface area contributed by atoms with E-state index in [4.69, 9.17) is 19.4 Å². The van der Waals surface area contributed by atoms with Gasteiger partial charge in [-0.05, 0) is 36.6 Å². The minimum atomic E-state index is -0.458. The zero-order valence-corrected chi connectivity index (χ0v) is 24.5. The molecule has 3 heterocycles. The summed E-state index contributed by atoms with van der Waals surface area (Å²) in [5.41, 5.74) is 7.28. The van der Waals surface area contributed by atoms with Crippen molar-refractivity contribution in [1.29, 1.82) is 0 Å². The molecule has 0 N–H and O–H groups in total. The summed E-state index contributed by atoms with van der Waals surface area (Å²) in [6, 6.07) is 31.0. The van der Waals surface area contributed by atoms with Crippen LogP contribution < -0.4 is 4.57 Å². The lowest BCUT2D eigenvalue weighted by molar-refractivity contribution is -0.660. The van der Waals surface area contributed by atoms with E-state index in [2.05, 4.69) is 49.7 Å². The van der Waals surface area contributed by atoms with Crippen molar-refractivity contribution >= 4 is 21.9 Å². The van der Waals surface area contributed by atoms with Gasteiger partial charge in [0.1, 0.15) is 24.0 Å². The molecule has 0 bridgehead atoms. The maximum Gasteiger partial charge on any atom is 0.216 e. The van der Waals surface area contributed by atoms with Gasteiger partial charge in [0, 0.05) is 33.5 Å². The Bertz CT molecular complexity index is 2080. The molecule has 3 aromatic heterocycles. The van der Waals surface area contributed by atoms with E-state index in [1.807, 2.05) is 73.8 Å². The molecule has 0 atom stereocenters. The SMILES string of the molecule is Cc1ccc2c(oc3c(-c4nc(-c5ccccc5)nc(-c5ccccc5)n4)c(F)ccc32)c1-c1ccc(C(C)C)c[n+]1C. The van der Waals surface area contributed by atoms with Crippen molar-refractivity contribution in [2.45, 2.75) is 26.7 Å². The molecule has 210 valence electrons. The molecule has 0 aliphatic carbocycles. The summed E-state index contributed by atoms with van der Waals surface area (Å²) in [5.74, 6) is 1.10. The van der Waals surface area contributed by atoms with Crippen LogP contribution in [0.3, 0.4) is 0 Å². The molecule has 4 aromatic carbocycles. The van der Waals surface area contributed by atoms with E-state index in [-0.39, 0.29) is 11.4 Å². The van der Waals surface area contributed by atoms with Gasteiger partial charge >= 0.3 is 0 Å². The van der Waals surface area contributed by atoms with Crippen molar-refractivity contribution in [2.75, 3.05) is 0 Å². The summed E-state index contributed by atoms with van der Waals surface area (Å²) >= 11 is 0. The highest BCUT2D eigenvalue weighted by Crippen LogP contribution is 2.41. The van der Waals surface area contributed by atoms with Gasteiger partial charge < -0.3 is 4.42 Å². The standard InChI is InChI=1S/C37H30FN4O/c1-22(2)26-16-20-30(42(4)21-26)31-23(3)15-17-27-28-18-19-29(38)32(34(28)43-33(27)31)37-40-35(24-11-7-5-8-12-24)39-36(41-37)25-13-9-6-10-14-25/h5-22H,1-4H3/q+1. The number of fused-ring (bicyclic) bond motifs is 3. The van der Waals surface area contributed by atoms with Gasteiger partial charge in [-0.25, -0.2) is 23.9 Å². The first-order valence-corrected chi connectivity index (χ1v) is 14.4. The van der Waals surface area contributed by atoms with Crippen LogP contribution in [0, 0.1) is 12.7 Å². The van der Waals surface area contributed by atoms with Crippen LogP contribution in [0.15, 0.2) is 108 Å². The monoisotopic (exact) mass is 565 g/mol. The fraction of sp³-hybridized carbons (Fsp3) is 0.135. The Morgan fingerprint density at radius 1 is 0.651 bits per heavy atom. The first kappa shape index (κ1) is 26.7. The highest BCUT2D eigenvalue weighted by Gasteiger charge is 2.25. The Hall–Kier alpha value is -5.23. The summed E-state index contributed by atoms with van der Waals surface area (Å²) < 4.78 is 24.7. The van der Waals surface area contributed by atoms with Crippen molar-refractivity contribution < 1.29 is 13.4 Å². The van der Waals surface area contributed by atoms with Gasteiger partial charge in [-0.2, -0.15) is 0 Å². The average Bonchev–Trinajstić information content (AvgIpc) is 3.40. The largest absolute Gasteiger partial charge is 0.454 e. The summed E-state index contributed by atoms with van der Waals surface area (Å²) in [6.45, 7) is 6.44. The Kier molecular flexibility index (Phi) is 6.54. The third kappa shape index (κ3) is 4.65. The summed E-state index contributed by atoms with van der Waals surface area (Å²) in [7, 11) is 2.05. The fourth-order valence-corrected chi connectivity index (χ4v) is 5.66. The molecule has 0 aliphatic rings. The molecule has 0 unspecified atom stereocenters. The van der Waals surface area contributed by atoms with E-state index < -0.39 is 5.82 Å². The lowest BCUT2D eigenvalue weighted by Crippen LogP contribution is -2.31. The number of halogens is 1. The van der Waals surface area contributed by atoms with Gasteiger partial charge in [0.2, 0.25) is 5.69 Å². The van der Waals surface area contributed by atoms with E-state index >= 15 is 4.39 Å². The van der Waals surface area contributed by atoms with Crippen molar-refractivity contribution in [3.8, 4) is 45.4 Å². The van der Waals surface area contributed by atoms with E-state index in [0.717, 1.165) is 38.7 Å². The van der Waals surface area contributed by atoms with Gasteiger partial charge in [0.15, 0.2) is 23.7 Å². The Labute approximate surface area is 249 Å². The Balaban J connectivity index is 1.50. The summed E-state index contributed by atoms with van der Waals surface area (Å²) in [6.07, 6.45) is 2.16. The van der Waals surface area contributed by atoms with Crippen LogP contribution >= 0.6 is 0 Å². The molecule has 0 saturated carbocycles. The second-order valence-corrected chi connectivity index (χ2v) is 11.2. The lowest BCUT2D eigenvalue weighted by Gasteiger charge is -2.09. The van der Waals surface area contributed by atoms with Gasteiger partial charge in [-0.15, -0.1) is 0 Å². The molecule has 7 rings (SSSR count). The van der Waals surface area contributed by atoms with Crippen LogP contribution in [0.5, 0.6) is 0 Å². The first-order chi connectivity index (χ1) is 20.9. The number of nitrogens with zero attached hydrogens (tertiary/aromatic N) is 4. The normalized spacial score (nSPS) is 11.6. The first-order valence-electron chi connectivity index (χ1n) is 14.4. The molecule has 0 aliphatic heterocycles. The summed E-state index contributed by atoms with van der Waals surface area (Å²) in [4.78, 5) is 14.4. The molecule has 0 saturated heterocycles. The molecule has 0 radical (unpaired) electrons. The number of aromatic nitrogens is 4. The molecule has 43 heavy (non-hydrogen) atoms. The summed E-state index contributed by atoms with van der Waals surface area (Å²) in [5, 5.41) is 1.71. The third-order valence-corrected chi connectivity index (χ3v) is 7.97. The second-order valence-electron chi connectivity index (χ2n) is 11.2. The highest BCUT2D eigenvalue weighted by atomic mass is 19.1. The lowest BCUT2D eigenvalue weighted by atomic mass is 9.98. The zero-order chi connectivity index (χ0) is 29.7. The van der Waals surface area contributed by atoms with Crippen molar-refractivity contribution in [2.24, 2.45) is 7.05 Å². The highest BCUT2D eigenvalue weighted by molar-refractivity contribution is 6.13. The maximum absolute atomic E-state index is 15.9. The van der Waals surface area contributed by atoms with E-state index in [1.165, 1.54) is 11.6 Å². The van der Waals surface area contributed by atoms with Crippen LogP contribution in [-0.4, -0.2) is 15.0 Å². The number of rotatable bonds is 5. The minimum Gasteiger partial charge on any atom is -0.454 e. The minimum absolute atomic E-state index is 0.216. The van der Waals surface area contributed by atoms with Crippen LogP contribution in [0.1, 0.15) is 30.9 Å². The molecule has 5 nitrogen and oxygen atoms in total. The predicted octanol–water partition coefficient (Wildman–Crippen LogP) is 8.83. The molecule has 0 spiro atoms. The molecule has 6 heteroatoms. The third-order valence-electron chi connectivity index (χ3n) is 7.97. The topological polar surface area (TPSA) is 55.7 Å². The van der Waals surface area contributed by atoms with Crippen LogP contribution in [0.25, 0.3) is 67.4 Å². The molecule has 0 amide bonds. The van der Waals surface area contributed by atoms with E-state index in [0.29, 0.717) is 28.7 Å². The number of hydrogen-bond acceptors (Lipinski definition) is 4. The number of furan rings is 1.